The third-order valence-electron chi connectivity index (χ3n) is 2.97. The molecule has 100 valence electrons. The Kier molecular flexibility index (Phi) is 3.84. The first-order valence-electron chi connectivity index (χ1n) is 5.60. The summed E-state index contributed by atoms with van der Waals surface area (Å²) in [5, 5.41) is 0. The van der Waals surface area contributed by atoms with Gasteiger partial charge in [0.15, 0.2) is 0 Å². The molecule has 1 aliphatic rings. The quantitative estimate of drug-likeness (QED) is 0.856. The lowest BCUT2D eigenvalue weighted by atomic mass is 10.3. The van der Waals surface area contributed by atoms with Crippen LogP contribution < -0.4 is 10.5 Å². The molecule has 0 aromatic heterocycles. The minimum atomic E-state index is -3.51. The molecule has 0 saturated carbocycles. The minimum Gasteiger partial charge on any atom is -0.495 e. The van der Waals surface area contributed by atoms with Crippen LogP contribution >= 0.6 is 15.9 Å². The molecule has 2 N–H and O–H groups in total. The highest BCUT2D eigenvalue weighted by Crippen LogP contribution is 2.34. The number of benzene rings is 1. The number of sulfonamides is 1. The van der Waals surface area contributed by atoms with Crippen LogP contribution in [0, 0.1) is 0 Å². The second kappa shape index (κ2) is 5.07. The first-order chi connectivity index (χ1) is 8.46. The second-order valence-electron chi connectivity index (χ2n) is 4.14. The molecule has 1 heterocycles. The molecule has 1 fully saturated rings. The van der Waals surface area contributed by atoms with Gasteiger partial charge in [-0.3, -0.25) is 0 Å². The lowest BCUT2D eigenvalue weighted by molar-refractivity contribution is 0.398. The molecule has 1 aliphatic heterocycles. The van der Waals surface area contributed by atoms with E-state index in [1.165, 1.54) is 17.5 Å². The fourth-order valence-corrected chi connectivity index (χ4v) is 3.99. The molecule has 0 aliphatic carbocycles. The van der Waals surface area contributed by atoms with E-state index in [0.29, 0.717) is 29.0 Å². The molecule has 7 heteroatoms. The molecule has 0 unspecified atom stereocenters. The number of hydrogen-bond acceptors (Lipinski definition) is 4. The third-order valence-corrected chi connectivity index (χ3v) is 5.57. The van der Waals surface area contributed by atoms with Crippen LogP contribution in [0.3, 0.4) is 0 Å². The second-order valence-corrected chi connectivity index (χ2v) is 6.90. The van der Waals surface area contributed by atoms with Gasteiger partial charge in [0.1, 0.15) is 10.6 Å². The summed E-state index contributed by atoms with van der Waals surface area (Å²) in [5.74, 6) is 0.308. The number of nitrogen functional groups attached to an aromatic ring is 1. The average Bonchev–Trinajstić information content (AvgIpc) is 2.86. The van der Waals surface area contributed by atoms with Gasteiger partial charge < -0.3 is 10.5 Å². The number of nitrogens with two attached hydrogens (primary N) is 1. The van der Waals surface area contributed by atoms with E-state index in [0.717, 1.165) is 12.8 Å². The summed E-state index contributed by atoms with van der Waals surface area (Å²) in [6.45, 7) is 1.11. The number of ether oxygens (including phenoxy) is 1. The van der Waals surface area contributed by atoms with Crippen molar-refractivity contribution in [3.8, 4) is 5.75 Å². The summed E-state index contributed by atoms with van der Waals surface area (Å²) in [6, 6.07) is 3.02. The van der Waals surface area contributed by atoms with Crippen LogP contribution in [-0.4, -0.2) is 32.9 Å². The fourth-order valence-electron chi connectivity index (χ4n) is 1.98. The number of rotatable bonds is 3. The maximum Gasteiger partial charge on any atom is 0.246 e. The molecule has 1 aromatic carbocycles. The van der Waals surface area contributed by atoms with Gasteiger partial charge in [-0.25, -0.2) is 8.42 Å². The molecular formula is C11H15BrN2O3S. The summed E-state index contributed by atoms with van der Waals surface area (Å²) >= 11 is 3.26. The lowest BCUT2D eigenvalue weighted by Crippen LogP contribution is -2.28. The standard InChI is InChI=1S/C11H15BrN2O3S/c1-17-10-6-8(12)9(13)7-11(10)18(15,16)14-4-2-3-5-14/h6-7H,2-5,13H2,1H3. The third kappa shape index (κ3) is 2.34. The summed E-state index contributed by atoms with van der Waals surface area (Å²) in [6.07, 6.45) is 1.79. The first kappa shape index (κ1) is 13.6. The van der Waals surface area contributed by atoms with Crippen molar-refractivity contribution < 1.29 is 13.2 Å². The van der Waals surface area contributed by atoms with E-state index in [1.807, 2.05) is 0 Å². The molecule has 0 spiro atoms. The highest BCUT2D eigenvalue weighted by atomic mass is 79.9. The van der Waals surface area contributed by atoms with Gasteiger partial charge in [0, 0.05) is 23.2 Å². The molecular weight excluding hydrogens is 320 g/mol. The van der Waals surface area contributed by atoms with Crippen molar-refractivity contribution in [3.63, 3.8) is 0 Å². The number of methoxy groups -OCH3 is 1. The Morgan fingerprint density at radius 2 is 1.94 bits per heavy atom. The number of nitrogens with zero attached hydrogens (tertiary/aromatic N) is 1. The number of hydrogen-bond donors (Lipinski definition) is 1. The van der Waals surface area contributed by atoms with Gasteiger partial charge in [-0.05, 0) is 40.9 Å². The Morgan fingerprint density at radius 3 is 2.50 bits per heavy atom. The van der Waals surface area contributed by atoms with Crippen molar-refractivity contribution in [1.29, 1.82) is 0 Å². The SMILES string of the molecule is COc1cc(Br)c(N)cc1S(=O)(=O)N1CCCC1. The Morgan fingerprint density at radius 1 is 1.33 bits per heavy atom. The van der Waals surface area contributed by atoms with Crippen molar-refractivity contribution in [2.45, 2.75) is 17.7 Å². The molecule has 5 nitrogen and oxygen atoms in total. The first-order valence-corrected chi connectivity index (χ1v) is 7.83. The zero-order chi connectivity index (χ0) is 13.3. The topological polar surface area (TPSA) is 72.6 Å². The van der Waals surface area contributed by atoms with Crippen LogP contribution in [-0.2, 0) is 10.0 Å². The van der Waals surface area contributed by atoms with Gasteiger partial charge in [0.05, 0.1) is 7.11 Å². The van der Waals surface area contributed by atoms with Crippen LogP contribution in [0.15, 0.2) is 21.5 Å². The zero-order valence-corrected chi connectivity index (χ0v) is 12.4. The van der Waals surface area contributed by atoms with Gasteiger partial charge in [-0.15, -0.1) is 0 Å². The normalized spacial score (nSPS) is 17.0. The summed E-state index contributed by atoms with van der Waals surface area (Å²) < 4.78 is 32.1. The highest BCUT2D eigenvalue weighted by molar-refractivity contribution is 9.10. The molecule has 0 radical (unpaired) electrons. The van der Waals surface area contributed by atoms with Crippen LogP contribution in [0.5, 0.6) is 5.75 Å². The van der Waals surface area contributed by atoms with Gasteiger partial charge in [-0.2, -0.15) is 4.31 Å². The van der Waals surface area contributed by atoms with Crippen LogP contribution in [0.4, 0.5) is 5.69 Å². The molecule has 1 aromatic rings. The molecule has 1 saturated heterocycles. The summed E-state index contributed by atoms with van der Waals surface area (Å²) in [4.78, 5) is 0.132. The van der Waals surface area contributed by atoms with E-state index in [-0.39, 0.29) is 4.90 Å². The maximum absolute atomic E-state index is 12.5. The lowest BCUT2D eigenvalue weighted by Gasteiger charge is -2.18. The van der Waals surface area contributed by atoms with E-state index < -0.39 is 10.0 Å². The van der Waals surface area contributed by atoms with Gasteiger partial charge in [-0.1, -0.05) is 0 Å². The zero-order valence-electron chi connectivity index (χ0n) is 10.0. The Hall–Kier alpha value is -0.790. The van der Waals surface area contributed by atoms with Crippen molar-refractivity contribution >= 4 is 31.6 Å². The molecule has 0 bridgehead atoms. The number of anilines is 1. The molecule has 0 atom stereocenters. The van der Waals surface area contributed by atoms with E-state index >= 15 is 0 Å². The van der Waals surface area contributed by atoms with Crippen molar-refractivity contribution in [2.75, 3.05) is 25.9 Å². The Balaban J connectivity index is 2.52. The fraction of sp³-hybridized carbons (Fsp3) is 0.455. The largest absolute Gasteiger partial charge is 0.495 e. The van der Waals surface area contributed by atoms with Crippen LogP contribution in [0.1, 0.15) is 12.8 Å². The average molecular weight is 335 g/mol. The van der Waals surface area contributed by atoms with Crippen LogP contribution in [0.2, 0.25) is 0 Å². The molecule has 0 amide bonds. The van der Waals surface area contributed by atoms with Gasteiger partial charge in [0.2, 0.25) is 10.0 Å². The smallest absolute Gasteiger partial charge is 0.246 e. The van der Waals surface area contributed by atoms with Gasteiger partial charge >= 0.3 is 0 Å². The van der Waals surface area contributed by atoms with Gasteiger partial charge in [0.25, 0.3) is 0 Å². The van der Waals surface area contributed by atoms with E-state index in [9.17, 15) is 8.42 Å². The van der Waals surface area contributed by atoms with Crippen LogP contribution in [0.25, 0.3) is 0 Å². The summed E-state index contributed by atoms with van der Waals surface area (Å²) in [5.41, 5.74) is 6.14. The molecule has 18 heavy (non-hydrogen) atoms. The maximum atomic E-state index is 12.5. The van der Waals surface area contributed by atoms with Crippen molar-refractivity contribution in [2.24, 2.45) is 0 Å². The van der Waals surface area contributed by atoms with E-state index in [2.05, 4.69) is 15.9 Å². The Labute approximate surface area is 115 Å². The predicted octanol–water partition coefficient (Wildman–Crippen LogP) is 1.82. The number of halogens is 1. The monoisotopic (exact) mass is 334 g/mol. The van der Waals surface area contributed by atoms with E-state index in [1.54, 1.807) is 6.07 Å². The predicted molar refractivity (Wildman–Crippen MR) is 73.1 cm³/mol. The van der Waals surface area contributed by atoms with Crippen molar-refractivity contribution in [3.05, 3.63) is 16.6 Å². The van der Waals surface area contributed by atoms with Crippen molar-refractivity contribution in [1.82, 2.24) is 4.31 Å². The summed E-state index contributed by atoms with van der Waals surface area (Å²) in [7, 11) is -2.07. The highest BCUT2D eigenvalue weighted by Gasteiger charge is 2.30. The Bertz CT molecular complexity index is 554. The van der Waals surface area contributed by atoms with E-state index in [4.69, 9.17) is 10.5 Å². The molecule has 2 rings (SSSR count). The minimum absolute atomic E-state index is 0.132.